The Bertz CT molecular complexity index is 1100. The van der Waals surface area contributed by atoms with Crippen LogP contribution >= 0.6 is 0 Å². The molecule has 0 bridgehead atoms. The summed E-state index contributed by atoms with van der Waals surface area (Å²) in [6, 6.07) is 13.0. The van der Waals surface area contributed by atoms with Gasteiger partial charge in [0.2, 0.25) is 0 Å². The summed E-state index contributed by atoms with van der Waals surface area (Å²) in [6.45, 7) is 4.83. The lowest BCUT2D eigenvalue weighted by Crippen LogP contribution is -2.38. The van der Waals surface area contributed by atoms with Crippen LogP contribution in [0.25, 0.3) is 11.3 Å². The minimum atomic E-state index is -4.39. The number of alkyl halides is 3. The maximum atomic E-state index is 12.7. The number of carbonyl (C=O) groups is 1. The van der Waals surface area contributed by atoms with Gasteiger partial charge in [-0.25, -0.2) is 4.79 Å². The molecule has 0 saturated carbocycles. The molecular formula is C23H21F3N2O4. The first-order valence-electron chi connectivity index (χ1n) is 9.62. The van der Waals surface area contributed by atoms with Crippen LogP contribution in [-0.4, -0.2) is 26.9 Å². The van der Waals surface area contributed by atoms with Crippen molar-refractivity contribution in [3.63, 3.8) is 0 Å². The first-order valence-corrected chi connectivity index (χ1v) is 9.62. The van der Waals surface area contributed by atoms with E-state index in [0.717, 1.165) is 12.1 Å². The van der Waals surface area contributed by atoms with Crippen LogP contribution in [0.1, 0.15) is 30.7 Å². The van der Waals surface area contributed by atoms with Gasteiger partial charge in [0.25, 0.3) is 0 Å². The molecule has 6 nitrogen and oxygen atoms in total. The molecule has 0 amide bonds. The van der Waals surface area contributed by atoms with Crippen LogP contribution in [0, 0.1) is 6.92 Å². The second-order valence-electron chi connectivity index (χ2n) is 7.62. The van der Waals surface area contributed by atoms with Gasteiger partial charge in [0, 0.05) is 5.56 Å². The Hall–Kier alpha value is -3.62. The molecule has 168 valence electrons. The Morgan fingerprint density at radius 3 is 2.22 bits per heavy atom. The molecule has 9 heteroatoms. The maximum Gasteiger partial charge on any atom is 0.416 e. The van der Waals surface area contributed by atoms with E-state index in [9.17, 15) is 23.1 Å². The van der Waals surface area contributed by atoms with Gasteiger partial charge in [0.05, 0.1) is 11.3 Å². The van der Waals surface area contributed by atoms with Crippen molar-refractivity contribution in [2.75, 3.05) is 0 Å². The first-order chi connectivity index (χ1) is 15.0. The minimum Gasteiger partial charge on any atom is -0.487 e. The molecule has 0 aliphatic heterocycles. The van der Waals surface area contributed by atoms with Crippen molar-refractivity contribution in [1.29, 1.82) is 0 Å². The number of aromatic nitrogens is 2. The third-order valence-corrected chi connectivity index (χ3v) is 4.64. The van der Waals surface area contributed by atoms with E-state index in [-0.39, 0.29) is 6.61 Å². The van der Waals surface area contributed by atoms with E-state index in [1.54, 1.807) is 37.3 Å². The Kier molecular flexibility index (Phi) is 6.38. The van der Waals surface area contributed by atoms with Gasteiger partial charge in [-0.1, -0.05) is 12.1 Å². The lowest BCUT2D eigenvalue weighted by molar-refractivity contribution is -0.152. The average Bonchev–Trinajstić information content (AvgIpc) is 2.74. The number of benzene rings is 2. The van der Waals surface area contributed by atoms with Gasteiger partial charge in [-0.05, 0) is 68.8 Å². The quantitative estimate of drug-likeness (QED) is 0.531. The van der Waals surface area contributed by atoms with Gasteiger partial charge in [0.1, 0.15) is 23.8 Å². The minimum absolute atomic E-state index is 0.126. The van der Waals surface area contributed by atoms with E-state index in [0.29, 0.717) is 34.0 Å². The zero-order valence-corrected chi connectivity index (χ0v) is 17.6. The first kappa shape index (κ1) is 23.1. The molecule has 3 aromatic rings. The van der Waals surface area contributed by atoms with Gasteiger partial charge < -0.3 is 14.6 Å². The summed E-state index contributed by atoms with van der Waals surface area (Å²) in [6.07, 6.45) is -4.39. The lowest BCUT2D eigenvalue weighted by Gasteiger charge is -2.23. The van der Waals surface area contributed by atoms with Gasteiger partial charge in [0.15, 0.2) is 5.60 Å². The number of nitrogens with zero attached hydrogens (tertiary/aromatic N) is 2. The van der Waals surface area contributed by atoms with Crippen molar-refractivity contribution >= 4 is 5.97 Å². The van der Waals surface area contributed by atoms with Crippen molar-refractivity contribution in [1.82, 2.24) is 10.2 Å². The molecule has 0 atom stereocenters. The zero-order chi connectivity index (χ0) is 23.5. The summed E-state index contributed by atoms with van der Waals surface area (Å²) >= 11 is 0. The van der Waals surface area contributed by atoms with Crippen molar-refractivity contribution in [3.8, 4) is 22.8 Å². The Labute approximate surface area is 182 Å². The van der Waals surface area contributed by atoms with Gasteiger partial charge in [-0.2, -0.15) is 23.4 Å². The predicted molar refractivity (Wildman–Crippen MR) is 110 cm³/mol. The summed E-state index contributed by atoms with van der Waals surface area (Å²) in [5.74, 6) is -0.0995. The van der Waals surface area contributed by atoms with E-state index >= 15 is 0 Å². The summed E-state index contributed by atoms with van der Waals surface area (Å²) < 4.78 is 49.3. The number of carboxylic acid groups (broad SMARTS) is 1. The Morgan fingerprint density at radius 2 is 1.69 bits per heavy atom. The topological polar surface area (TPSA) is 81.5 Å². The zero-order valence-electron chi connectivity index (χ0n) is 17.6. The molecule has 0 fully saturated rings. The van der Waals surface area contributed by atoms with Gasteiger partial charge in [-0.15, -0.1) is 0 Å². The van der Waals surface area contributed by atoms with Crippen LogP contribution in [0.15, 0.2) is 54.6 Å². The van der Waals surface area contributed by atoms with Crippen molar-refractivity contribution in [2.24, 2.45) is 0 Å². The standard InChI is InChI=1S/C23H21F3N2O4/c1-14-12-18(9-11-20(14)32-22(2,3)21(29)30)31-13-17-8-10-19(28-27-17)15-4-6-16(7-5-15)23(24,25)26/h4-12H,13H2,1-3H3,(H,29,30). The Morgan fingerprint density at radius 1 is 1.00 bits per heavy atom. The van der Waals surface area contributed by atoms with Crippen LogP contribution in [0.5, 0.6) is 11.5 Å². The van der Waals surface area contributed by atoms with Crippen molar-refractivity contribution < 1.29 is 32.5 Å². The highest BCUT2D eigenvalue weighted by Crippen LogP contribution is 2.31. The normalized spacial score (nSPS) is 11.8. The summed E-state index contributed by atoms with van der Waals surface area (Å²) in [5.41, 5.74) is 0.121. The van der Waals surface area contributed by atoms with E-state index < -0.39 is 23.3 Å². The lowest BCUT2D eigenvalue weighted by atomic mass is 10.1. The molecule has 0 saturated heterocycles. The van der Waals surface area contributed by atoms with Crippen LogP contribution in [0.2, 0.25) is 0 Å². The second kappa shape index (κ2) is 8.86. The fourth-order valence-corrected chi connectivity index (χ4v) is 2.72. The van der Waals surface area contributed by atoms with Crippen LogP contribution < -0.4 is 9.47 Å². The monoisotopic (exact) mass is 446 g/mol. The number of hydrogen-bond acceptors (Lipinski definition) is 5. The fraction of sp³-hybridized carbons (Fsp3) is 0.261. The molecule has 1 N–H and O–H groups in total. The highest BCUT2D eigenvalue weighted by atomic mass is 19.4. The van der Waals surface area contributed by atoms with E-state index in [1.807, 2.05) is 0 Å². The molecule has 0 spiro atoms. The summed E-state index contributed by atoms with van der Waals surface area (Å²) in [4.78, 5) is 11.2. The predicted octanol–water partition coefficient (Wildman–Crippen LogP) is 5.29. The van der Waals surface area contributed by atoms with E-state index in [4.69, 9.17) is 9.47 Å². The van der Waals surface area contributed by atoms with Crippen LogP contribution in [0.4, 0.5) is 13.2 Å². The maximum absolute atomic E-state index is 12.7. The number of hydrogen-bond donors (Lipinski definition) is 1. The van der Waals surface area contributed by atoms with Gasteiger partial charge in [-0.3, -0.25) is 0 Å². The highest BCUT2D eigenvalue weighted by molar-refractivity contribution is 5.76. The number of aliphatic carboxylic acids is 1. The average molecular weight is 446 g/mol. The third kappa shape index (κ3) is 5.54. The highest BCUT2D eigenvalue weighted by Gasteiger charge is 2.30. The largest absolute Gasteiger partial charge is 0.487 e. The molecule has 0 aliphatic rings. The number of aryl methyl sites for hydroxylation is 1. The number of ether oxygens (including phenoxy) is 2. The number of carboxylic acids is 1. The smallest absolute Gasteiger partial charge is 0.416 e. The second-order valence-corrected chi connectivity index (χ2v) is 7.62. The molecule has 3 rings (SSSR count). The third-order valence-electron chi connectivity index (χ3n) is 4.64. The molecule has 0 radical (unpaired) electrons. The molecule has 0 aliphatic carbocycles. The fourth-order valence-electron chi connectivity index (χ4n) is 2.72. The molecule has 2 aromatic carbocycles. The molecular weight excluding hydrogens is 425 g/mol. The van der Waals surface area contributed by atoms with E-state index in [1.165, 1.54) is 26.0 Å². The summed E-state index contributed by atoms with van der Waals surface area (Å²) in [7, 11) is 0. The van der Waals surface area contributed by atoms with Crippen LogP contribution in [0.3, 0.4) is 0 Å². The molecule has 0 unspecified atom stereocenters. The number of halogens is 3. The SMILES string of the molecule is Cc1cc(OCc2ccc(-c3ccc(C(F)(F)F)cc3)nn2)ccc1OC(C)(C)C(=O)O. The molecule has 1 aromatic heterocycles. The number of rotatable bonds is 7. The van der Waals surface area contributed by atoms with E-state index in [2.05, 4.69) is 10.2 Å². The van der Waals surface area contributed by atoms with Crippen LogP contribution in [-0.2, 0) is 17.6 Å². The van der Waals surface area contributed by atoms with Gasteiger partial charge >= 0.3 is 12.1 Å². The van der Waals surface area contributed by atoms with Crippen molar-refractivity contribution in [2.45, 2.75) is 39.2 Å². The van der Waals surface area contributed by atoms with Crippen molar-refractivity contribution in [3.05, 3.63) is 71.4 Å². The molecule has 1 heterocycles. The Balaban J connectivity index is 1.63. The molecule has 32 heavy (non-hydrogen) atoms. The summed E-state index contributed by atoms with van der Waals surface area (Å²) in [5, 5.41) is 17.3.